The van der Waals surface area contributed by atoms with Gasteiger partial charge in [0, 0.05) is 18.9 Å². The second-order valence-electron chi connectivity index (χ2n) is 8.97. The smallest absolute Gasteiger partial charge is 0.244 e. The lowest BCUT2D eigenvalue weighted by atomic mass is 9.91. The van der Waals surface area contributed by atoms with Crippen molar-refractivity contribution in [3.05, 3.63) is 35.9 Å². The molecule has 2 fully saturated rings. The number of nitriles is 1. The molecule has 2 saturated heterocycles. The van der Waals surface area contributed by atoms with Gasteiger partial charge in [0.1, 0.15) is 12.1 Å². The molecule has 0 bridgehead atoms. The number of nitrogens with zero attached hydrogens (tertiary/aromatic N) is 2. The van der Waals surface area contributed by atoms with Gasteiger partial charge in [-0.1, -0.05) is 44.2 Å². The van der Waals surface area contributed by atoms with Crippen LogP contribution in [0.3, 0.4) is 0 Å². The average Bonchev–Trinajstić information content (AvgIpc) is 3.07. The fourth-order valence-corrected chi connectivity index (χ4v) is 4.46. The van der Waals surface area contributed by atoms with Gasteiger partial charge in [0.05, 0.1) is 12.0 Å². The van der Waals surface area contributed by atoms with Gasteiger partial charge in [0.2, 0.25) is 23.6 Å². The average molecular weight is 439 g/mol. The van der Waals surface area contributed by atoms with Crippen molar-refractivity contribution in [2.24, 2.45) is 11.8 Å². The van der Waals surface area contributed by atoms with E-state index in [0.717, 1.165) is 16.9 Å². The monoisotopic (exact) mass is 438 g/mol. The number of nitrogens with one attached hydrogen (secondary N) is 2. The van der Waals surface area contributed by atoms with Crippen LogP contribution in [0.1, 0.15) is 57.4 Å². The third kappa shape index (κ3) is 5.34. The van der Waals surface area contributed by atoms with Crippen molar-refractivity contribution in [2.75, 3.05) is 6.54 Å². The molecular weight excluding hydrogens is 408 g/mol. The maximum absolute atomic E-state index is 13.2. The van der Waals surface area contributed by atoms with Crippen LogP contribution in [0.4, 0.5) is 0 Å². The Morgan fingerprint density at radius 2 is 1.97 bits per heavy atom. The summed E-state index contributed by atoms with van der Waals surface area (Å²) in [5.74, 6) is -2.31. The molecule has 0 saturated carbocycles. The topological polar surface area (TPSA) is 119 Å². The summed E-state index contributed by atoms with van der Waals surface area (Å²) in [5, 5.41) is 15.0. The Morgan fingerprint density at radius 1 is 1.25 bits per heavy atom. The van der Waals surface area contributed by atoms with E-state index in [9.17, 15) is 24.4 Å². The normalized spacial score (nSPS) is 22.9. The van der Waals surface area contributed by atoms with Gasteiger partial charge in [0.25, 0.3) is 0 Å². The van der Waals surface area contributed by atoms with Crippen molar-refractivity contribution in [2.45, 2.75) is 64.0 Å². The molecule has 2 aliphatic heterocycles. The Hall–Kier alpha value is -3.21. The van der Waals surface area contributed by atoms with Gasteiger partial charge in [-0.15, -0.1) is 0 Å². The van der Waals surface area contributed by atoms with Crippen LogP contribution >= 0.6 is 0 Å². The Kier molecular flexibility index (Phi) is 7.62. The second-order valence-corrected chi connectivity index (χ2v) is 8.97. The van der Waals surface area contributed by atoms with Gasteiger partial charge in [-0.25, -0.2) is 0 Å². The van der Waals surface area contributed by atoms with Crippen molar-refractivity contribution >= 4 is 23.6 Å². The van der Waals surface area contributed by atoms with Crippen molar-refractivity contribution in [3.63, 3.8) is 0 Å². The van der Waals surface area contributed by atoms with E-state index in [1.54, 1.807) is 12.1 Å². The fraction of sp³-hybridized carbons (Fsp3) is 0.542. The predicted octanol–water partition coefficient (Wildman–Crippen LogP) is 1.87. The van der Waals surface area contributed by atoms with E-state index in [2.05, 4.69) is 16.7 Å². The minimum absolute atomic E-state index is 0.0225. The van der Waals surface area contributed by atoms with E-state index in [4.69, 9.17) is 0 Å². The Balaban J connectivity index is 1.75. The van der Waals surface area contributed by atoms with Crippen LogP contribution in [0.15, 0.2) is 30.3 Å². The molecule has 2 aliphatic rings. The number of benzene rings is 1. The standard InChI is InChI=1S/C24H30N4O4/c1-15(2)11-20(23(31)27-18(14-25)12-17-9-6-10-26-22(17)30)28-21(29)13-19(24(28)32)16-7-4-3-5-8-16/h3-5,7-8,15,17-20H,6,9-13H2,1-2H3,(H,26,30)(H,27,31)/t17-,18-,19+,20?/m0/s1. The SMILES string of the molecule is CC(C)CC(C(=O)N[C@H](C#N)C[C@@H]1CCCNC1=O)N1C(=O)C[C@H](c2ccccc2)C1=O. The summed E-state index contributed by atoms with van der Waals surface area (Å²) in [6, 6.07) is 9.27. The number of rotatable bonds is 8. The number of hydrogen-bond donors (Lipinski definition) is 2. The maximum Gasteiger partial charge on any atom is 0.244 e. The van der Waals surface area contributed by atoms with E-state index in [-0.39, 0.29) is 42.4 Å². The van der Waals surface area contributed by atoms with Crippen LogP contribution in [-0.2, 0) is 19.2 Å². The molecule has 8 heteroatoms. The zero-order chi connectivity index (χ0) is 23.3. The summed E-state index contributed by atoms with van der Waals surface area (Å²) >= 11 is 0. The Morgan fingerprint density at radius 3 is 2.59 bits per heavy atom. The lowest BCUT2D eigenvalue weighted by Gasteiger charge is -2.29. The van der Waals surface area contributed by atoms with Crippen molar-refractivity contribution < 1.29 is 19.2 Å². The van der Waals surface area contributed by atoms with Gasteiger partial charge in [-0.3, -0.25) is 24.1 Å². The number of carbonyl (C=O) groups is 4. The summed E-state index contributed by atoms with van der Waals surface area (Å²) in [6.45, 7) is 4.44. The molecule has 1 aromatic carbocycles. The highest BCUT2D eigenvalue weighted by atomic mass is 16.2. The molecule has 2 N–H and O–H groups in total. The molecule has 0 aromatic heterocycles. The molecule has 4 atom stereocenters. The lowest BCUT2D eigenvalue weighted by Crippen LogP contribution is -2.53. The Bertz CT molecular complexity index is 908. The quantitative estimate of drug-likeness (QED) is 0.601. The molecule has 2 heterocycles. The molecule has 4 amide bonds. The summed E-state index contributed by atoms with van der Waals surface area (Å²) in [5.41, 5.74) is 0.746. The van der Waals surface area contributed by atoms with E-state index >= 15 is 0 Å². The summed E-state index contributed by atoms with van der Waals surface area (Å²) in [4.78, 5) is 52.3. The van der Waals surface area contributed by atoms with Gasteiger partial charge in [-0.2, -0.15) is 5.26 Å². The first-order valence-electron chi connectivity index (χ1n) is 11.2. The van der Waals surface area contributed by atoms with E-state index in [1.165, 1.54) is 0 Å². The summed E-state index contributed by atoms with van der Waals surface area (Å²) < 4.78 is 0. The first-order valence-corrected chi connectivity index (χ1v) is 11.2. The molecule has 1 unspecified atom stereocenters. The third-order valence-corrected chi connectivity index (χ3v) is 6.09. The number of hydrogen-bond acceptors (Lipinski definition) is 5. The molecule has 1 aromatic rings. The summed E-state index contributed by atoms with van der Waals surface area (Å²) in [6.07, 6.45) is 2.02. The van der Waals surface area contributed by atoms with E-state index < -0.39 is 23.9 Å². The zero-order valence-corrected chi connectivity index (χ0v) is 18.5. The number of piperidine rings is 1. The predicted molar refractivity (Wildman–Crippen MR) is 117 cm³/mol. The highest BCUT2D eigenvalue weighted by Crippen LogP contribution is 2.32. The van der Waals surface area contributed by atoms with Gasteiger partial charge in [-0.05, 0) is 37.2 Å². The number of carbonyl (C=O) groups excluding carboxylic acids is 4. The van der Waals surface area contributed by atoms with Gasteiger partial charge in [0.15, 0.2) is 0 Å². The van der Waals surface area contributed by atoms with Crippen LogP contribution in [0.25, 0.3) is 0 Å². The molecule has 0 spiro atoms. The molecule has 170 valence electrons. The van der Waals surface area contributed by atoms with Gasteiger partial charge >= 0.3 is 0 Å². The Labute approximate surface area is 188 Å². The van der Waals surface area contributed by atoms with Gasteiger partial charge < -0.3 is 10.6 Å². The lowest BCUT2D eigenvalue weighted by molar-refractivity contribution is -0.147. The van der Waals surface area contributed by atoms with Crippen LogP contribution < -0.4 is 10.6 Å². The van der Waals surface area contributed by atoms with E-state index in [1.807, 2.05) is 32.0 Å². The number of amides is 4. The van der Waals surface area contributed by atoms with Crippen molar-refractivity contribution in [3.8, 4) is 6.07 Å². The van der Waals surface area contributed by atoms with Crippen LogP contribution in [-0.4, -0.2) is 47.2 Å². The van der Waals surface area contributed by atoms with Crippen LogP contribution in [0, 0.1) is 23.2 Å². The second kappa shape index (κ2) is 10.4. The fourth-order valence-electron chi connectivity index (χ4n) is 4.46. The highest BCUT2D eigenvalue weighted by molar-refractivity contribution is 6.09. The van der Waals surface area contributed by atoms with Crippen LogP contribution in [0.5, 0.6) is 0 Å². The molecular formula is C24H30N4O4. The number of likely N-dealkylation sites (tertiary alicyclic amines) is 1. The minimum atomic E-state index is -0.986. The third-order valence-electron chi connectivity index (χ3n) is 6.09. The minimum Gasteiger partial charge on any atom is -0.356 e. The first kappa shape index (κ1) is 23.5. The zero-order valence-electron chi connectivity index (χ0n) is 18.5. The van der Waals surface area contributed by atoms with E-state index in [0.29, 0.717) is 19.4 Å². The molecule has 3 rings (SSSR count). The highest BCUT2D eigenvalue weighted by Gasteiger charge is 2.45. The molecule has 0 aliphatic carbocycles. The number of imide groups is 1. The molecule has 0 radical (unpaired) electrons. The van der Waals surface area contributed by atoms with Crippen molar-refractivity contribution in [1.82, 2.24) is 15.5 Å². The van der Waals surface area contributed by atoms with Crippen LogP contribution in [0.2, 0.25) is 0 Å². The molecule has 32 heavy (non-hydrogen) atoms. The molecule has 8 nitrogen and oxygen atoms in total. The summed E-state index contributed by atoms with van der Waals surface area (Å²) in [7, 11) is 0. The first-order chi connectivity index (χ1) is 15.3. The maximum atomic E-state index is 13.2. The van der Waals surface area contributed by atoms with Crippen molar-refractivity contribution in [1.29, 1.82) is 5.26 Å². The largest absolute Gasteiger partial charge is 0.356 e.